The van der Waals surface area contributed by atoms with E-state index in [9.17, 15) is 8.42 Å². The average molecular weight is 268 g/mol. The number of imidazole rings is 1. The van der Waals surface area contributed by atoms with Gasteiger partial charge in [0.15, 0.2) is 5.82 Å². The maximum atomic E-state index is 11.2. The van der Waals surface area contributed by atoms with E-state index in [0.29, 0.717) is 5.82 Å². The molecule has 1 N–H and O–H groups in total. The van der Waals surface area contributed by atoms with Crippen molar-refractivity contribution in [1.82, 2.24) is 14.5 Å². The Morgan fingerprint density at radius 1 is 1.44 bits per heavy atom. The predicted octanol–water partition coefficient (Wildman–Crippen LogP) is 0.813. The number of nitrogens with one attached hydrogen (secondary N) is 1. The van der Waals surface area contributed by atoms with E-state index in [0.717, 1.165) is 11.0 Å². The smallest absolute Gasteiger partial charge is 0.154 e. The molecule has 2 aromatic heterocycles. The van der Waals surface area contributed by atoms with Gasteiger partial charge in [0.05, 0.1) is 17.6 Å². The number of sulfone groups is 1. The van der Waals surface area contributed by atoms with Crippen molar-refractivity contribution in [2.75, 3.05) is 17.3 Å². The Kier molecular flexibility index (Phi) is 3.25. The Bertz CT molecular complexity index is 663. The van der Waals surface area contributed by atoms with Crippen LogP contribution in [0.4, 0.5) is 5.82 Å². The third-order valence-electron chi connectivity index (χ3n) is 2.58. The number of aryl methyl sites for hydroxylation is 1. The molecule has 1 atom stereocenters. The number of pyridine rings is 1. The molecule has 0 bridgehead atoms. The van der Waals surface area contributed by atoms with Gasteiger partial charge in [-0.3, -0.25) is 0 Å². The van der Waals surface area contributed by atoms with Crippen LogP contribution in [-0.4, -0.2) is 41.0 Å². The first kappa shape index (κ1) is 12.8. The van der Waals surface area contributed by atoms with E-state index in [-0.39, 0.29) is 11.8 Å². The van der Waals surface area contributed by atoms with E-state index < -0.39 is 9.84 Å². The van der Waals surface area contributed by atoms with Crippen LogP contribution in [0.15, 0.2) is 18.6 Å². The van der Waals surface area contributed by atoms with Gasteiger partial charge in [-0.05, 0) is 13.0 Å². The van der Waals surface area contributed by atoms with Crippen molar-refractivity contribution in [3.63, 3.8) is 0 Å². The van der Waals surface area contributed by atoms with Crippen LogP contribution in [0.2, 0.25) is 0 Å². The standard InChI is InChI=1S/C11H16N4O2S/c1-8(6-18(3,16)17)14-11-10-9(4-5-12-11)15(2)7-13-10/h4-5,7-8H,6H2,1-3H3,(H,12,14). The molecular formula is C11H16N4O2S. The average Bonchev–Trinajstić information content (AvgIpc) is 2.59. The highest BCUT2D eigenvalue weighted by molar-refractivity contribution is 7.90. The van der Waals surface area contributed by atoms with Gasteiger partial charge in [-0.2, -0.15) is 0 Å². The Morgan fingerprint density at radius 2 is 2.17 bits per heavy atom. The Hall–Kier alpha value is -1.63. The summed E-state index contributed by atoms with van der Waals surface area (Å²) in [7, 11) is -1.11. The molecule has 98 valence electrons. The molecule has 0 amide bonds. The molecular weight excluding hydrogens is 252 g/mol. The summed E-state index contributed by atoms with van der Waals surface area (Å²) in [6.45, 7) is 1.81. The molecule has 2 rings (SSSR count). The molecule has 1 unspecified atom stereocenters. The molecule has 2 aromatic rings. The van der Waals surface area contributed by atoms with Gasteiger partial charge >= 0.3 is 0 Å². The first-order valence-electron chi connectivity index (χ1n) is 5.57. The highest BCUT2D eigenvalue weighted by Crippen LogP contribution is 2.19. The molecule has 0 aliphatic rings. The molecule has 0 spiro atoms. The van der Waals surface area contributed by atoms with Crippen LogP contribution in [0.3, 0.4) is 0 Å². The van der Waals surface area contributed by atoms with E-state index >= 15 is 0 Å². The van der Waals surface area contributed by atoms with Gasteiger partial charge in [-0.25, -0.2) is 18.4 Å². The second-order valence-electron chi connectivity index (χ2n) is 4.52. The summed E-state index contributed by atoms with van der Waals surface area (Å²) in [6.07, 6.45) is 4.61. The third kappa shape index (κ3) is 2.79. The lowest BCUT2D eigenvalue weighted by molar-refractivity contribution is 0.598. The molecule has 0 fully saturated rings. The molecule has 0 aliphatic heterocycles. The van der Waals surface area contributed by atoms with Crippen LogP contribution in [0.1, 0.15) is 6.92 Å². The van der Waals surface area contributed by atoms with Crippen molar-refractivity contribution < 1.29 is 8.42 Å². The summed E-state index contributed by atoms with van der Waals surface area (Å²) in [6, 6.07) is 1.66. The van der Waals surface area contributed by atoms with Crippen molar-refractivity contribution in [2.24, 2.45) is 7.05 Å². The summed E-state index contributed by atoms with van der Waals surface area (Å²) in [5.74, 6) is 0.682. The quantitative estimate of drug-likeness (QED) is 0.888. The SMILES string of the molecule is CC(CS(C)(=O)=O)Nc1nccc2c1ncn2C. The first-order chi connectivity index (χ1) is 8.37. The molecule has 7 heteroatoms. The first-order valence-corrected chi connectivity index (χ1v) is 7.63. The molecule has 0 aromatic carbocycles. The number of nitrogens with zero attached hydrogens (tertiary/aromatic N) is 3. The highest BCUT2D eigenvalue weighted by atomic mass is 32.2. The minimum atomic E-state index is -3.01. The molecule has 0 saturated carbocycles. The molecule has 6 nitrogen and oxygen atoms in total. The minimum Gasteiger partial charge on any atom is -0.365 e. The lowest BCUT2D eigenvalue weighted by atomic mass is 10.3. The van der Waals surface area contributed by atoms with Gasteiger partial charge in [0.25, 0.3) is 0 Å². The summed E-state index contributed by atoms with van der Waals surface area (Å²) in [5.41, 5.74) is 1.71. The second kappa shape index (κ2) is 4.56. The van der Waals surface area contributed by atoms with Crippen molar-refractivity contribution >= 4 is 26.7 Å². The number of anilines is 1. The van der Waals surface area contributed by atoms with Crippen molar-refractivity contribution in [3.8, 4) is 0 Å². The summed E-state index contributed by atoms with van der Waals surface area (Å²) < 4.78 is 24.3. The van der Waals surface area contributed by atoms with E-state index in [1.807, 2.05) is 24.6 Å². The topological polar surface area (TPSA) is 76.9 Å². The van der Waals surface area contributed by atoms with Crippen LogP contribution in [-0.2, 0) is 16.9 Å². The van der Waals surface area contributed by atoms with Crippen LogP contribution in [0, 0.1) is 0 Å². The zero-order valence-corrected chi connectivity index (χ0v) is 11.4. The Balaban J connectivity index is 2.27. The maximum Gasteiger partial charge on any atom is 0.154 e. The molecule has 2 heterocycles. The van der Waals surface area contributed by atoms with Gasteiger partial charge in [0.1, 0.15) is 15.4 Å². The second-order valence-corrected chi connectivity index (χ2v) is 6.71. The van der Waals surface area contributed by atoms with Crippen LogP contribution < -0.4 is 5.32 Å². The molecule has 0 saturated heterocycles. The monoisotopic (exact) mass is 268 g/mol. The lowest BCUT2D eigenvalue weighted by Gasteiger charge is -2.13. The Morgan fingerprint density at radius 3 is 2.83 bits per heavy atom. The number of rotatable bonds is 4. The zero-order valence-electron chi connectivity index (χ0n) is 10.6. The fourth-order valence-corrected chi connectivity index (χ4v) is 2.89. The van der Waals surface area contributed by atoms with Crippen molar-refractivity contribution in [3.05, 3.63) is 18.6 Å². The van der Waals surface area contributed by atoms with E-state index in [4.69, 9.17) is 0 Å². The number of hydrogen-bond donors (Lipinski definition) is 1. The van der Waals surface area contributed by atoms with Crippen LogP contribution >= 0.6 is 0 Å². The number of fused-ring (bicyclic) bond motifs is 1. The van der Waals surface area contributed by atoms with Gasteiger partial charge in [-0.15, -0.1) is 0 Å². The van der Waals surface area contributed by atoms with Gasteiger partial charge in [0.2, 0.25) is 0 Å². The van der Waals surface area contributed by atoms with Crippen molar-refractivity contribution in [2.45, 2.75) is 13.0 Å². The van der Waals surface area contributed by atoms with Crippen LogP contribution in [0.5, 0.6) is 0 Å². The van der Waals surface area contributed by atoms with Gasteiger partial charge in [-0.1, -0.05) is 0 Å². The fraction of sp³-hybridized carbons (Fsp3) is 0.455. The molecule has 0 aliphatic carbocycles. The summed E-state index contributed by atoms with van der Waals surface area (Å²) in [4.78, 5) is 8.46. The maximum absolute atomic E-state index is 11.2. The normalized spacial score (nSPS) is 13.7. The largest absolute Gasteiger partial charge is 0.365 e. The summed E-state index contributed by atoms with van der Waals surface area (Å²) in [5, 5.41) is 3.09. The fourth-order valence-electron chi connectivity index (χ4n) is 1.90. The number of hydrogen-bond acceptors (Lipinski definition) is 5. The highest BCUT2D eigenvalue weighted by Gasteiger charge is 2.13. The van der Waals surface area contributed by atoms with Crippen molar-refractivity contribution in [1.29, 1.82) is 0 Å². The third-order valence-corrected chi connectivity index (χ3v) is 3.68. The van der Waals surface area contributed by atoms with E-state index in [1.165, 1.54) is 6.26 Å². The Labute approximate surface area is 106 Å². The van der Waals surface area contributed by atoms with E-state index in [2.05, 4.69) is 15.3 Å². The zero-order chi connectivity index (χ0) is 13.3. The van der Waals surface area contributed by atoms with Gasteiger partial charge in [0, 0.05) is 25.5 Å². The summed E-state index contributed by atoms with van der Waals surface area (Å²) >= 11 is 0. The molecule has 18 heavy (non-hydrogen) atoms. The minimum absolute atomic E-state index is 0.0674. The van der Waals surface area contributed by atoms with Crippen LogP contribution in [0.25, 0.3) is 11.0 Å². The van der Waals surface area contributed by atoms with Gasteiger partial charge < -0.3 is 9.88 Å². The van der Waals surface area contributed by atoms with E-state index in [1.54, 1.807) is 12.5 Å². The predicted molar refractivity (Wildman–Crippen MR) is 71.3 cm³/mol. The molecule has 0 radical (unpaired) electrons. The lowest BCUT2D eigenvalue weighted by Crippen LogP contribution is -2.25. The number of aromatic nitrogens is 3.